The number of rotatable bonds is 3. The van der Waals surface area contributed by atoms with Crippen LogP contribution >= 0.6 is 0 Å². The van der Waals surface area contributed by atoms with Gasteiger partial charge in [-0.1, -0.05) is 50.1 Å². The second-order valence-electron chi connectivity index (χ2n) is 4.95. The molecule has 1 aromatic rings. The van der Waals surface area contributed by atoms with Crippen molar-refractivity contribution in [3.05, 3.63) is 34.9 Å². The normalized spacial score (nSPS) is 13.3. The van der Waals surface area contributed by atoms with Crippen molar-refractivity contribution in [2.45, 2.75) is 47.0 Å². The van der Waals surface area contributed by atoms with Crippen molar-refractivity contribution in [1.82, 2.24) is 0 Å². The molecule has 0 aliphatic rings. The van der Waals surface area contributed by atoms with Gasteiger partial charge in [-0.2, -0.15) is 0 Å². The Morgan fingerprint density at radius 2 is 1.43 bits per heavy atom. The van der Waals surface area contributed by atoms with Gasteiger partial charge in [-0.15, -0.1) is 0 Å². The molecule has 0 saturated heterocycles. The third-order valence-corrected chi connectivity index (χ3v) is 2.64. The molecule has 1 unspecified atom stereocenters. The maximum absolute atomic E-state index is 2.33. The van der Waals surface area contributed by atoms with Gasteiger partial charge in [0.1, 0.15) is 0 Å². The number of hydrogen-bond acceptors (Lipinski definition) is 0. The highest BCUT2D eigenvalue weighted by atomic mass is 14.1. The molecule has 1 rings (SSSR count). The van der Waals surface area contributed by atoms with Crippen LogP contribution in [0.15, 0.2) is 18.2 Å². The summed E-state index contributed by atoms with van der Waals surface area (Å²) in [5.41, 5.74) is 4.27. The Labute approximate surface area is 88.4 Å². The van der Waals surface area contributed by atoms with Crippen LogP contribution in [-0.4, -0.2) is 0 Å². The van der Waals surface area contributed by atoms with Crippen molar-refractivity contribution >= 4 is 0 Å². The van der Waals surface area contributed by atoms with E-state index in [2.05, 4.69) is 52.8 Å². The molecule has 14 heavy (non-hydrogen) atoms. The summed E-state index contributed by atoms with van der Waals surface area (Å²) in [6.07, 6.45) is 1.28. The van der Waals surface area contributed by atoms with Crippen molar-refractivity contribution < 1.29 is 0 Å². The monoisotopic (exact) mass is 190 g/mol. The lowest BCUT2D eigenvalue weighted by Crippen LogP contribution is -1.99. The first-order valence-electron chi connectivity index (χ1n) is 5.57. The van der Waals surface area contributed by atoms with E-state index < -0.39 is 0 Å². The molecule has 0 aliphatic carbocycles. The number of hydrogen-bond donors (Lipinski definition) is 0. The molecule has 1 atom stereocenters. The van der Waals surface area contributed by atoms with E-state index >= 15 is 0 Å². The molecule has 0 nitrogen and oxygen atoms in total. The largest absolute Gasteiger partial charge is 0.0628 e. The van der Waals surface area contributed by atoms with E-state index in [9.17, 15) is 0 Å². The van der Waals surface area contributed by atoms with Gasteiger partial charge in [0.05, 0.1) is 0 Å². The van der Waals surface area contributed by atoms with Crippen LogP contribution in [0.25, 0.3) is 0 Å². The molecule has 0 bridgehead atoms. The summed E-state index contributed by atoms with van der Waals surface area (Å²) in [6, 6.07) is 6.88. The second kappa shape index (κ2) is 4.63. The summed E-state index contributed by atoms with van der Waals surface area (Å²) >= 11 is 0. The van der Waals surface area contributed by atoms with Crippen molar-refractivity contribution in [1.29, 1.82) is 0 Å². The van der Waals surface area contributed by atoms with Gasteiger partial charge in [-0.3, -0.25) is 0 Å². The Hall–Kier alpha value is -0.780. The zero-order valence-electron chi connectivity index (χ0n) is 10.1. The van der Waals surface area contributed by atoms with Crippen LogP contribution in [0.5, 0.6) is 0 Å². The fourth-order valence-corrected chi connectivity index (χ4v) is 2.14. The summed E-state index contributed by atoms with van der Waals surface area (Å²) in [7, 11) is 0. The minimum Gasteiger partial charge on any atom is -0.0628 e. The molecule has 0 saturated carbocycles. The quantitative estimate of drug-likeness (QED) is 0.660. The van der Waals surface area contributed by atoms with Crippen LogP contribution in [0, 0.1) is 19.8 Å². The molecular weight excluding hydrogens is 168 g/mol. The summed E-state index contributed by atoms with van der Waals surface area (Å²) in [5.74, 6) is 1.47. The van der Waals surface area contributed by atoms with E-state index in [4.69, 9.17) is 0 Å². The Kier molecular flexibility index (Phi) is 3.74. The molecule has 0 amide bonds. The van der Waals surface area contributed by atoms with Gasteiger partial charge in [0.2, 0.25) is 0 Å². The van der Waals surface area contributed by atoms with Crippen LogP contribution < -0.4 is 0 Å². The topological polar surface area (TPSA) is 0 Å². The smallest absolute Gasteiger partial charge is 0.0188 e. The molecule has 0 N–H and O–H groups in total. The van der Waals surface area contributed by atoms with Crippen LogP contribution in [0.1, 0.15) is 49.8 Å². The first-order valence-corrected chi connectivity index (χ1v) is 5.57. The van der Waals surface area contributed by atoms with Gasteiger partial charge in [-0.05, 0) is 37.7 Å². The zero-order chi connectivity index (χ0) is 10.7. The molecule has 0 radical (unpaired) electrons. The SMILES string of the molecule is Cc1cc(C)cc(C(C)CC(C)C)c1. The van der Waals surface area contributed by atoms with Crippen LogP contribution in [-0.2, 0) is 0 Å². The van der Waals surface area contributed by atoms with Crippen molar-refractivity contribution in [2.75, 3.05) is 0 Å². The lowest BCUT2D eigenvalue weighted by atomic mass is 9.90. The van der Waals surface area contributed by atoms with Gasteiger partial charge >= 0.3 is 0 Å². The van der Waals surface area contributed by atoms with Crippen molar-refractivity contribution in [2.24, 2.45) is 5.92 Å². The van der Waals surface area contributed by atoms with Gasteiger partial charge in [0.25, 0.3) is 0 Å². The van der Waals surface area contributed by atoms with Crippen LogP contribution in [0.3, 0.4) is 0 Å². The van der Waals surface area contributed by atoms with E-state index in [0.29, 0.717) is 5.92 Å². The second-order valence-corrected chi connectivity index (χ2v) is 4.95. The average Bonchev–Trinajstić information content (AvgIpc) is 2.00. The van der Waals surface area contributed by atoms with E-state index in [0.717, 1.165) is 5.92 Å². The number of aryl methyl sites for hydroxylation is 2. The molecule has 0 aromatic heterocycles. The van der Waals surface area contributed by atoms with E-state index in [-0.39, 0.29) is 0 Å². The van der Waals surface area contributed by atoms with Gasteiger partial charge in [0.15, 0.2) is 0 Å². The summed E-state index contributed by atoms with van der Waals surface area (Å²) in [6.45, 7) is 11.3. The molecule has 78 valence electrons. The zero-order valence-corrected chi connectivity index (χ0v) is 10.1. The molecular formula is C14H22. The highest BCUT2D eigenvalue weighted by Gasteiger charge is 2.08. The molecule has 1 aromatic carbocycles. The fourth-order valence-electron chi connectivity index (χ4n) is 2.14. The molecule has 0 aliphatic heterocycles. The Morgan fingerprint density at radius 3 is 1.86 bits per heavy atom. The molecule has 0 heteroatoms. The van der Waals surface area contributed by atoms with E-state index in [1.54, 1.807) is 0 Å². The van der Waals surface area contributed by atoms with Crippen LogP contribution in [0.4, 0.5) is 0 Å². The standard InChI is InChI=1S/C14H22/c1-10(2)6-13(5)14-8-11(3)7-12(4)9-14/h7-10,13H,6H2,1-5H3. The van der Waals surface area contributed by atoms with E-state index in [1.165, 1.54) is 23.1 Å². The van der Waals surface area contributed by atoms with Gasteiger partial charge in [0, 0.05) is 0 Å². The molecule has 0 spiro atoms. The minimum absolute atomic E-state index is 0.689. The predicted octanol–water partition coefficient (Wildman–Crippen LogP) is 4.45. The highest BCUT2D eigenvalue weighted by molar-refractivity contribution is 5.30. The summed E-state index contributed by atoms with van der Waals surface area (Å²) in [5, 5.41) is 0. The maximum atomic E-state index is 2.33. The van der Waals surface area contributed by atoms with Gasteiger partial charge < -0.3 is 0 Å². The number of benzene rings is 1. The minimum atomic E-state index is 0.689. The first-order chi connectivity index (χ1) is 6.49. The molecule has 0 heterocycles. The lowest BCUT2D eigenvalue weighted by molar-refractivity contribution is 0.523. The third kappa shape index (κ3) is 3.17. The summed E-state index contributed by atoms with van der Waals surface area (Å²) in [4.78, 5) is 0. The van der Waals surface area contributed by atoms with Crippen molar-refractivity contribution in [3.63, 3.8) is 0 Å². The van der Waals surface area contributed by atoms with E-state index in [1.807, 2.05) is 0 Å². The Balaban J connectivity index is 2.84. The Morgan fingerprint density at radius 1 is 0.929 bits per heavy atom. The average molecular weight is 190 g/mol. The van der Waals surface area contributed by atoms with Crippen LogP contribution in [0.2, 0.25) is 0 Å². The maximum Gasteiger partial charge on any atom is -0.0188 e. The fraction of sp³-hybridized carbons (Fsp3) is 0.571. The lowest BCUT2D eigenvalue weighted by Gasteiger charge is -2.15. The predicted molar refractivity (Wildman–Crippen MR) is 63.8 cm³/mol. The van der Waals surface area contributed by atoms with Crippen molar-refractivity contribution in [3.8, 4) is 0 Å². The Bertz CT molecular complexity index is 277. The third-order valence-electron chi connectivity index (χ3n) is 2.64. The molecule has 0 fully saturated rings. The first kappa shape index (κ1) is 11.3. The highest BCUT2D eigenvalue weighted by Crippen LogP contribution is 2.24. The summed E-state index contributed by atoms with van der Waals surface area (Å²) < 4.78 is 0. The van der Waals surface area contributed by atoms with Gasteiger partial charge in [-0.25, -0.2) is 0 Å².